The van der Waals surface area contributed by atoms with E-state index in [2.05, 4.69) is 45.3 Å². The third kappa shape index (κ3) is 2.73. The van der Waals surface area contributed by atoms with E-state index in [4.69, 9.17) is 0 Å². The highest BCUT2D eigenvalue weighted by atomic mass is 15.3. The Hall–Kier alpha value is -2.36. The molecule has 0 aliphatic carbocycles. The van der Waals surface area contributed by atoms with E-state index in [-0.39, 0.29) is 0 Å². The second-order valence-electron chi connectivity index (χ2n) is 4.71. The van der Waals surface area contributed by atoms with Crippen molar-refractivity contribution in [2.45, 2.75) is 6.54 Å². The summed E-state index contributed by atoms with van der Waals surface area (Å²) in [5.41, 5.74) is 3.04. The molecule has 0 bridgehead atoms. The second-order valence-corrected chi connectivity index (χ2v) is 4.71. The van der Waals surface area contributed by atoms with Gasteiger partial charge in [0.1, 0.15) is 0 Å². The van der Waals surface area contributed by atoms with Crippen LogP contribution in [0.4, 0.5) is 0 Å². The topological polar surface area (TPSA) is 32.3 Å². The molecule has 19 heavy (non-hydrogen) atoms. The van der Waals surface area contributed by atoms with Crippen LogP contribution in [0.5, 0.6) is 0 Å². The van der Waals surface area contributed by atoms with E-state index in [9.17, 15) is 0 Å². The lowest BCUT2D eigenvalue weighted by Crippen LogP contribution is -2.21. The van der Waals surface area contributed by atoms with E-state index < -0.39 is 0 Å². The van der Waals surface area contributed by atoms with Gasteiger partial charge >= 0.3 is 0 Å². The Balaban J connectivity index is 1.71. The average molecular weight is 252 g/mol. The quantitative estimate of drug-likeness (QED) is 0.839. The third-order valence-corrected chi connectivity index (χ3v) is 3.07. The average Bonchev–Trinajstić information content (AvgIpc) is 2.86. The first kappa shape index (κ1) is 11.7. The van der Waals surface area contributed by atoms with E-state index in [0.29, 0.717) is 0 Å². The van der Waals surface area contributed by atoms with Crippen molar-refractivity contribution in [2.24, 2.45) is 0 Å². The third-order valence-electron chi connectivity index (χ3n) is 3.07. The largest absolute Gasteiger partial charge is 0.362 e. The Kier molecular flexibility index (Phi) is 3.14. The zero-order chi connectivity index (χ0) is 13.1. The van der Waals surface area contributed by atoms with Crippen molar-refractivity contribution in [3.05, 3.63) is 60.7 Å². The lowest BCUT2D eigenvalue weighted by atomic mass is 10.2. The monoisotopic (exact) mass is 252 g/mol. The van der Waals surface area contributed by atoms with Gasteiger partial charge in [0.25, 0.3) is 0 Å². The van der Waals surface area contributed by atoms with Crippen molar-refractivity contribution in [1.82, 2.24) is 19.8 Å². The number of pyridine rings is 2. The van der Waals surface area contributed by atoms with Crippen LogP contribution < -0.4 is 0 Å². The summed E-state index contributed by atoms with van der Waals surface area (Å²) in [4.78, 5) is 13.2. The molecule has 2 aromatic rings. The fourth-order valence-corrected chi connectivity index (χ4v) is 2.11. The van der Waals surface area contributed by atoms with Gasteiger partial charge in [0, 0.05) is 38.4 Å². The summed E-state index contributed by atoms with van der Waals surface area (Å²) >= 11 is 0. The molecule has 96 valence electrons. The Morgan fingerprint density at radius 3 is 2.58 bits per heavy atom. The second kappa shape index (κ2) is 5.10. The van der Waals surface area contributed by atoms with Crippen molar-refractivity contribution >= 4 is 0 Å². The first-order chi connectivity index (χ1) is 9.31. The Morgan fingerprint density at radius 2 is 1.95 bits per heavy atom. The molecule has 0 atom stereocenters. The van der Waals surface area contributed by atoms with Crippen LogP contribution in [0.3, 0.4) is 0 Å². The SMILES string of the molecule is CN1C=CN(Cc2ccc(-c3ccccn3)nc2)C1. The lowest BCUT2D eigenvalue weighted by Gasteiger charge is -2.17. The standard InChI is InChI=1S/C15H16N4/c1-18-8-9-19(12-18)11-13-5-6-15(17-10-13)14-4-2-3-7-16-14/h2-10H,11-12H2,1H3. The van der Waals surface area contributed by atoms with Crippen LogP contribution in [0.25, 0.3) is 11.4 Å². The van der Waals surface area contributed by atoms with Crippen LogP contribution in [-0.4, -0.2) is 33.5 Å². The molecule has 0 saturated carbocycles. The van der Waals surface area contributed by atoms with Gasteiger partial charge in [-0.1, -0.05) is 12.1 Å². The highest BCUT2D eigenvalue weighted by molar-refractivity contribution is 5.53. The van der Waals surface area contributed by atoms with Gasteiger partial charge in [-0.05, 0) is 23.8 Å². The zero-order valence-corrected chi connectivity index (χ0v) is 10.9. The highest BCUT2D eigenvalue weighted by Gasteiger charge is 2.09. The van der Waals surface area contributed by atoms with Crippen molar-refractivity contribution < 1.29 is 0 Å². The molecule has 0 radical (unpaired) electrons. The van der Waals surface area contributed by atoms with Crippen molar-refractivity contribution in [3.8, 4) is 11.4 Å². The van der Waals surface area contributed by atoms with E-state index in [1.54, 1.807) is 6.20 Å². The van der Waals surface area contributed by atoms with Gasteiger partial charge in [0.2, 0.25) is 0 Å². The predicted molar refractivity (Wildman–Crippen MR) is 74.8 cm³/mol. The minimum Gasteiger partial charge on any atom is -0.362 e. The molecule has 0 unspecified atom stereocenters. The molecular formula is C15H16N4. The molecule has 0 N–H and O–H groups in total. The van der Waals surface area contributed by atoms with E-state index in [1.165, 1.54) is 5.56 Å². The molecule has 0 spiro atoms. The van der Waals surface area contributed by atoms with Crippen LogP contribution in [0.1, 0.15) is 5.56 Å². The molecular weight excluding hydrogens is 236 g/mol. The minimum absolute atomic E-state index is 0.885. The minimum atomic E-state index is 0.885. The number of rotatable bonds is 3. The summed E-state index contributed by atoms with van der Waals surface area (Å²) in [7, 11) is 2.07. The van der Waals surface area contributed by atoms with Crippen molar-refractivity contribution in [1.29, 1.82) is 0 Å². The van der Waals surface area contributed by atoms with Crippen molar-refractivity contribution in [3.63, 3.8) is 0 Å². The van der Waals surface area contributed by atoms with Gasteiger partial charge in [0.15, 0.2) is 0 Å². The van der Waals surface area contributed by atoms with Crippen LogP contribution in [0.2, 0.25) is 0 Å². The Labute approximate surface area is 113 Å². The molecule has 0 fully saturated rings. The summed E-state index contributed by atoms with van der Waals surface area (Å²) in [6, 6.07) is 10.0. The highest BCUT2D eigenvalue weighted by Crippen LogP contribution is 2.15. The van der Waals surface area contributed by atoms with Gasteiger partial charge in [0.05, 0.1) is 18.1 Å². The normalized spacial score (nSPS) is 14.2. The van der Waals surface area contributed by atoms with E-state index in [1.807, 2.05) is 30.5 Å². The van der Waals surface area contributed by atoms with Crippen LogP contribution in [0, 0.1) is 0 Å². The van der Waals surface area contributed by atoms with Gasteiger partial charge in [-0.25, -0.2) is 0 Å². The predicted octanol–water partition coefficient (Wildman–Crippen LogP) is 2.32. The maximum atomic E-state index is 4.48. The van der Waals surface area contributed by atoms with Crippen LogP contribution >= 0.6 is 0 Å². The maximum absolute atomic E-state index is 4.48. The molecule has 3 rings (SSSR count). The fraction of sp³-hybridized carbons (Fsp3) is 0.200. The smallest absolute Gasteiger partial charge is 0.0894 e. The fourth-order valence-electron chi connectivity index (χ4n) is 2.11. The molecule has 0 saturated heterocycles. The molecule has 0 aromatic carbocycles. The van der Waals surface area contributed by atoms with Crippen LogP contribution in [-0.2, 0) is 6.54 Å². The Bertz CT molecular complexity index is 562. The number of nitrogens with zero attached hydrogens (tertiary/aromatic N) is 4. The van der Waals surface area contributed by atoms with Crippen LogP contribution in [0.15, 0.2) is 55.1 Å². The zero-order valence-electron chi connectivity index (χ0n) is 10.9. The first-order valence-electron chi connectivity index (χ1n) is 6.30. The summed E-state index contributed by atoms with van der Waals surface area (Å²) in [5.74, 6) is 0. The van der Waals surface area contributed by atoms with E-state index in [0.717, 1.165) is 24.6 Å². The number of hydrogen-bond donors (Lipinski definition) is 0. The van der Waals surface area contributed by atoms with Gasteiger partial charge < -0.3 is 9.80 Å². The van der Waals surface area contributed by atoms with Gasteiger partial charge in [-0.15, -0.1) is 0 Å². The summed E-state index contributed by atoms with van der Waals surface area (Å²) in [6.07, 6.45) is 7.90. The molecule has 4 heteroatoms. The summed E-state index contributed by atoms with van der Waals surface area (Å²) in [6.45, 7) is 1.82. The molecule has 4 nitrogen and oxygen atoms in total. The molecule has 1 aliphatic heterocycles. The van der Waals surface area contributed by atoms with Gasteiger partial charge in [-0.2, -0.15) is 0 Å². The molecule has 0 amide bonds. The molecule has 3 heterocycles. The first-order valence-corrected chi connectivity index (χ1v) is 6.30. The van der Waals surface area contributed by atoms with E-state index >= 15 is 0 Å². The number of aromatic nitrogens is 2. The maximum Gasteiger partial charge on any atom is 0.0894 e. The van der Waals surface area contributed by atoms with Gasteiger partial charge in [-0.3, -0.25) is 9.97 Å². The van der Waals surface area contributed by atoms with Crippen molar-refractivity contribution in [2.75, 3.05) is 13.7 Å². The summed E-state index contributed by atoms with van der Waals surface area (Å²) < 4.78 is 0. The molecule has 2 aromatic heterocycles. The Morgan fingerprint density at radius 1 is 1.05 bits per heavy atom. The molecule has 1 aliphatic rings. The summed E-state index contributed by atoms with van der Waals surface area (Å²) in [5, 5.41) is 0. The number of hydrogen-bond acceptors (Lipinski definition) is 4. The lowest BCUT2D eigenvalue weighted by molar-refractivity contribution is 0.290.